The first kappa shape index (κ1) is 12.2. The summed E-state index contributed by atoms with van der Waals surface area (Å²) in [7, 11) is 0. The van der Waals surface area contributed by atoms with Gasteiger partial charge in [0.1, 0.15) is 11.9 Å². The Labute approximate surface area is 104 Å². The molecular weight excluding hydrogens is 212 g/mol. The fourth-order valence-corrected chi connectivity index (χ4v) is 2.07. The Morgan fingerprint density at radius 1 is 1.18 bits per heavy atom. The molecule has 1 aromatic rings. The molecule has 17 heavy (non-hydrogen) atoms. The van der Waals surface area contributed by atoms with Crippen LogP contribution in [0.5, 0.6) is 5.75 Å². The van der Waals surface area contributed by atoms with Crippen LogP contribution < -0.4 is 15.4 Å². The average molecular weight is 234 g/mol. The fourth-order valence-electron chi connectivity index (χ4n) is 2.07. The molecule has 0 aliphatic carbocycles. The topological polar surface area (TPSA) is 33.3 Å². The number of anilines is 1. The summed E-state index contributed by atoms with van der Waals surface area (Å²) in [5.74, 6) is 0.978. The van der Waals surface area contributed by atoms with Crippen LogP contribution in [-0.2, 0) is 0 Å². The molecule has 1 heterocycles. The van der Waals surface area contributed by atoms with Gasteiger partial charge in [-0.25, -0.2) is 0 Å². The normalized spacial score (nSPS) is 17.1. The van der Waals surface area contributed by atoms with E-state index in [-0.39, 0.29) is 0 Å². The van der Waals surface area contributed by atoms with Gasteiger partial charge in [-0.15, -0.1) is 0 Å². The van der Waals surface area contributed by atoms with Crippen molar-refractivity contribution in [1.82, 2.24) is 5.32 Å². The second kappa shape index (κ2) is 5.92. The number of hydrogen-bond acceptors (Lipinski definition) is 3. The monoisotopic (exact) mass is 234 g/mol. The number of hydrogen-bond donors (Lipinski definition) is 2. The maximum Gasteiger partial charge on any atom is 0.119 e. The van der Waals surface area contributed by atoms with Crippen LogP contribution in [0.15, 0.2) is 24.3 Å². The van der Waals surface area contributed by atoms with Crippen molar-refractivity contribution in [3.63, 3.8) is 0 Å². The first-order chi connectivity index (χ1) is 8.24. The lowest BCUT2D eigenvalue weighted by Gasteiger charge is -2.24. The van der Waals surface area contributed by atoms with Gasteiger partial charge >= 0.3 is 0 Å². The third-order valence-electron chi connectivity index (χ3n) is 2.90. The lowest BCUT2D eigenvalue weighted by atomic mass is 10.1. The van der Waals surface area contributed by atoms with Gasteiger partial charge in [0.15, 0.2) is 0 Å². The predicted octanol–water partition coefficient (Wildman–Crippen LogP) is 2.64. The number of nitrogens with one attached hydrogen (secondary N) is 2. The molecule has 1 fully saturated rings. The molecule has 0 amide bonds. The van der Waals surface area contributed by atoms with Crippen LogP contribution in [0, 0.1) is 0 Å². The third kappa shape index (κ3) is 3.93. The molecule has 0 unspecified atom stereocenters. The van der Waals surface area contributed by atoms with Gasteiger partial charge in [-0.1, -0.05) is 0 Å². The van der Waals surface area contributed by atoms with E-state index in [1.54, 1.807) is 0 Å². The van der Waals surface area contributed by atoms with E-state index in [2.05, 4.69) is 36.6 Å². The standard InChI is InChI=1S/C14H22N2O/c1-11(2)16-12-3-5-13(6-4-12)17-14-7-9-15-10-8-14/h3-6,11,14-16H,7-10H2,1-2H3. The van der Waals surface area contributed by atoms with E-state index in [4.69, 9.17) is 4.74 Å². The molecule has 3 heteroatoms. The highest BCUT2D eigenvalue weighted by atomic mass is 16.5. The summed E-state index contributed by atoms with van der Waals surface area (Å²) in [6.07, 6.45) is 2.58. The number of ether oxygens (including phenoxy) is 1. The summed E-state index contributed by atoms with van der Waals surface area (Å²) < 4.78 is 5.95. The number of rotatable bonds is 4. The van der Waals surface area contributed by atoms with Crippen LogP contribution in [0.3, 0.4) is 0 Å². The van der Waals surface area contributed by atoms with Crippen LogP contribution in [0.4, 0.5) is 5.69 Å². The summed E-state index contributed by atoms with van der Waals surface area (Å²) in [6, 6.07) is 8.72. The molecule has 94 valence electrons. The third-order valence-corrected chi connectivity index (χ3v) is 2.90. The van der Waals surface area contributed by atoms with Gasteiger partial charge in [0.2, 0.25) is 0 Å². The van der Waals surface area contributed by atoms with Gasteiger partial charge in [0, 0.05) is 11.7 Å². The Hall–Kier alpha value is -1.22. The van der Waals surface area contributed by atoms with Crippen LogP contribution in [0.2, 0.25) is 0 Å². The van der Waals surface area contributed by atoms with Gasteiger partial charge in [-0.2, -0.15) is 0 Å². The molecule has 1 saturated heterocycles. The Balaban J connectivity index is 1.88. The quantitative estimate of drug-likeness (QED) is 0.840. The minimum atomic E-state index is 0.375. The fraction of sp³-hybridized carbons (Fsp3) is 0.571. The highest BCUT2D eigenvalue weighted by molar-refractivity contribution is 5.46. The summed E-state index contributed by atoms with van der Waals surface area (Å²) in [6.45, 7) is 6.41. The molecule has 0 radical (unpaired) electrons. The van der Waals surface area contributed by atoms with Crippen LogP contribution >= 0.6 is 0 Å². The zero-order valence-electron chi connectivity index (χ0n) is 10.7. The molecule has 0 aromatic heterocycles. The van der Waals surface area contributed by atoms with Crippen molar-refractivity contribution in [2.24, 2.45) is 0 Å². The lowest BCUT2D eigenvalue weighted by molar-refractivity contribution is 0.162. The van der Waals surface area contributed by atoms with Gasteiger partial charge in [-0.05, 0) is 64.0 Å². The molecule has 0 saturated carbocycles. The van der Waals surface area contributed by atoms with E-state index >= 15 is 0 Å². The summed E-state index contributed by atoms with van der Waals surface area (Å²) >= 11 is 0. The van der Waals surface area contributed by atoms with Crippen LogP contribution in [-0.4, -0.2) is 25.2 Å². The van der Waals surface area contributed by atoms with E-state index in [1.807, 2.05) is 12.1 Å². The Morgan fingerprint density at radius 3 is 2.41 bits per heavy atom. The molecule has 1 aliphatic rings. The van der Waals surface area contributed by atoms with Gasteiger partial charge in [-0.3, -0.25) is 0 Å². The molecule has 1 aromatic carbocycles. The highest BCUT2D eigenvalue weighted by Gasteiger charge is 2.14. The van der Waals surface area contributed by atoms with E-state index < -0.39 is 0 Å². The second-order valence-corrected chi connectivity index (χ2v) is 4.89. The Kier molecular flexibility index (Phi) is 4.26. The van der Waals surface area contributed by atoms with Crippen molar-refractivity contribution in [3.05, 3.63) is 24.3 Å². The summed E-state index contributed by atoms with van der Waals surface area (Å²) in [5.41, 5.74) is 1.15. The molecule has 3 nitrogen and oxygen atoms in total. The molecule has 0 bridgehead atoms. The Bertz CT molecular complexity index is 329. The van der Waals surface area contributed by atoms with Gasteiger partial charge in [0.25, 0.3) is 0 Å². The summed E-state index contributed by atoms with van der Waals surface area (Å²) in [4.78, 5) is 0. The van der Waals surface area contributed by atoms with E-state index in [9.17, 15) is 0 Å². The molecule has 2 N–H and O–H groups in total. The van der Waals surface area contributed by atoms with E-state index in [0.29, 0.717) is 12.1 Å². The smallest absolute Gasteiger partial charge is 0.119 e. The second-order valence-electron chi connectivity index (χ2n) is 4.89. The van der Waals surface area contributed by atoms with Gasteiger partial charge < -0.3 is 15.4 Å². The van der Waals surface area contributed by atoms with E-state index in [1.165, 1.54) is 0 Å². The number of piperidine rings is 1. The lowest BCUT2D eigenvalue weighted by Crippen LogP contribution is -2.34. The first-order valence-electron chi connectivity index (χ1n) is 6.48. The highest BCUT2D eigenvalue weighted by Crippen LogP contribution is 2.19. The largest absolute Gasteiger partial charge is 0.490 e. The number of benzene rings is 1. The summed E-state index contributed by atoms with van der Waals surface area (Å²) in [5, 5.41) is 6.71. The molecular formula is C14H22N2O. The van der Waals surface area contributed by atoms with Crippen molar-refractivity contribution in [1.29, 1.82) is 0 Å². The molecule has 2 rings (SSSR count). The molecule has 1 aliphatic heterocycles. The first-order valence-corrected chi connectivity index (χ1v) is 6.48. The van der Waals surface area contributed by atoms with Crippen molar-refractivity contribution < 1.29 is 4.74 Å². The SMILES string of the molecule is CC(C)Nc1ccc(OC2CCNCC2)cc1. The maximum absolute atomic E-state index is 5.95. The Morgan fingerprint density at radius 2 is 1.82 bits per heavy atom. The average Bonchev–Trinajstić information content (AvgIpc) is 2.32. The molecule has 0 atom stereocenters. The molecule has 0 spiro atoms. The van der Waals surface area contributed by atoms with Crippen molar-refractivity contribution >= 4 is 5.69 Å². The minimum Gasteiger partial charge on any atom is -0.490 e. The van der Waals surface area contributed by atoms with E-state index in [0.717, 1.165) is 37.4 Å². The maximum atomic E-state index is 5.95. The van der Waals surface area contributed by atoms with Crippen molar-refractivity contribution in [2.45, 2.75) is 38.8 Å². The minimum absolute atomic E-state index is 0.375. The van der Waals surface area contributed by atoms with Crippen LogP contribution in [0.1, 0.15) is 26.7 Å². The van der Waals surface area contributed by atoms with Crippen LogP contribution in [0.25, 0.3) is 0 Å². The van der Waals surface area contributed by atoms with Crippen molar-refractivity contribution in [3.8, 4) is 5.75 Å². The van der Waals surface area contributed by atoms with Crippen molar-refractivity contribution in [2.75, 3.05) is 18.4 Å². The predicted molar refractivity (Wildman–Crippen MR) is 71.7 cm³/mol. The zero-order valence-corrected chi connectivity index (χ0v) is 10.7. The zero-order chi connectivity index (χ0) is 12.1. The van der Waals surface area contributed by atoms with Gasteiger partial charge in [0.05, 0.1) is 0 Å².